The minimum atomic E-state index is -0.000944. The fourth-order valence-corrected chi connectivity index (χ4v) is 3.40. The van der Waals surface area contributed by atoms with E-state index in [9.17, 15) is 4.79 Å². The van der Waals surface area contributed by atoms with Gasteiger partial charge in [-0.25, -0.2) is 9.97 Å². The predicted octanol–water partition coefficient (Wildman–Crippen LogP) is 1.79. The Morgan fingerprint density at radius 3 is 2.73 bits per heavy atom. The second-order valence-electron chi connectivity index (χ2n) is 5.97. The molecule has 0 spiro atoms. The first-order chi connectivity index (χ1) is 10.8. The van der Waals surface area contributed by atoms with Crippen LogP contribution in [0.4, 0.5) is 0 Å². The average Bonchev–Trinajstić information content (AvgIpc) is 3.28. The van der Waals surface area contributed by atoms with Crippen molar-refractivity contribution in [2.45, 2.75) is 44.1 Å². The maximum Gasteiger partial charge on any atom is 0.232 e. The van der Waals surface area contributed by atoms with Gasteiger partial charge in [-0.15, -0.1) is 0 Å². The Morgan fingerprint density at radius 2 is 1.95 bits per heavy atom. The van der Waals surface area contributed by atoms with Crippen molar-refractivity contribution in [1.82, 2.24) is 25.0 Å². The van der Waals surface area contributed by atoms with Gasteiger partial charge >= 0.3 is 0 Å². The van der Waals surface area contributed by atoms with Crippen LogP contribution in [-0.4, -0.2) is 43.5 Å². The van der Waals surface area contributed by atoms with E-state index in [1.165, 1.54) is 19.2 Å². The lowest BCUT2D eigenvalue weighted by atomic mass is 10.1. The van der Waals surface area contributed by atoms with E-state index in [0.717, 1.165) is 18.4 Å². The highest BCUT2D eigenvalue weighted by atomic mass is 16.5. The molecule has 0 N–H and O–H groups in total. The van der Waals surface area contributed by atoms with E-state index in [2.05, 4.69) is 20.1 Å². The molecule has 0 radical (unpaired) electrons. The van der Waals surface area contributed by atoms with Gasteiger partial charge in [0.25, 0.3) is 0 Å². The SMILES string of the molecule is O=C1CC(c2nc(-c3cncnc3)no2)CN1C1CCCC1. The fraction of sp³-hybridized carbons (Fsp3) is 0.533. The molecule has 2 aliphatic rings. The molecule has 1 atom stereocenters. The van der Waals surface area contributed by atoms with Gasteiger partial charge in [-0.3, -0.25) is 4.79 Å². The second kappa shape index (κ2) is 5.47. The summed E-state index contributed by atoms with van der Waals surface area (Å²) in [5.41, 5.74) is 0.717. The summed E-state index contributed by atoms with van der Waals surface area (Å²) in [5, 5.41) is 3.98. The van der Waals surface area contributed by atoms with Crippen LogP contribution in [-0.2, 0) is 4.79 Å². The number of nitrogens with zero attached hydrogens (tertiary/aromatic N) is 5. The first-order valence-electron chi connectivity index (χ1n) is 7.70. The molecule has 1 aliphatic heterocycles. The summed E-state index contributed by atoms with van der Waals surface area (Å²) in [5.74, 6) is 1.22. The summed E-state index contributed by atoms with van der Waals surface area (Å²) in [6, 6.07) is 0.405. The Labute approximate surface area is 127 Å². The van der Waals surface area contributed by atoms with Crippen LogP contribution in [0.5, 0.6) is 0 Å². The van der Waals surface area contributed by atoms with Crippen molar-refractivity contribution in [2.24, 2.45) is 0 Å². The Kier molecular flexibility index (Phi) is 3.32. The molecule has 1 saturated heterocycles. The smallest absolute Gasteiger partial charge is 0.232 e. The summed E-state index contributed by atoms with van der Waals surface area (Å²) in [4.78, 5) is 26.6. The van der Waals surface area contributed by atoms with Crippen LogP contribution in [0.15, 0.2) is 23.2 Å². The summed E-state index contributed by atoms with van der Waals surface area (Å²) >= 11 is 0. The first-order valence-corrected chi connectivity index (χ1v) is 7.70. The van der Waals surface area contributed by atoms with Gasteiger partial charge in [-0.2, -0.15) is 4.98 Å². The predicted molar refractivity (Wildman–Crippen MR) is 76.7 cm³/mol. The summed E-state index contributed by atoms with van der Waals surface area (Å²) in [7, 11) is 0. The standard InChI is InChI=1S/C15H17N5O2/c21-13-5-10(8-20(13)12-3-1-2-4-12)15-18-14(19-22-15)11-6-16-9-17-7-11/h6-7,9-10,12H,1-5,8H2. The fourth-order valence-electron chi connectivity index (χ4n) is 3.40. The quantitative estimate of drug-likeness (QED) is 0.859. The molecule has 2 fully saturated rings. The molecule has 1 aliphatic carbocycles. The molecule has 0 aromatic carbocycles. The Morgan fingerprint density at radius 1 is 1.18 bits per heavy atom. The van der Waals surface area contributed by atoms with Crippen LogP contribution in [0.3, 0.4) is 0 Å². The molecular formula is C15H17N5O2. The van der Waals surface area contributed by atoms with Gasteiger partial charge < -0.3 is 9.42 Å². The summed E-state index contributed by atoms with van der Waals surface area (Å²) in [6.45, 7) is 0.691. The molecule has 1 amide bonds. The van der Waals surface area contributed by atoms with Crippen LogP contribution in [0, 0.1) is 0 Å². The van der Waals surface area contributed by atoms with E-state index in [-0.39, 0.29) is 11.8 Å². The topological polar surface area (TPSA) is 85.0 Å². The molecule has 7 nitrogen and oxygen atoms in total. The van der Waals surface area contributed by atoms with Crippen molar-refractivity contribution in [2.75, 3.05) is 6.54 Å². The monoisotopic (exact) mass is 299 g/mol. The second-order valence-corrected chi connectivity index (χ2v) is 5.97. The van der Waals surface area contributed by atoms with E-state index in [1.807, 2.05) is 4.90 Å². The Hall–Kier alpha value is -2.31. The van der Waals surface area contributed by atoms with Gasteiger partial charge in [0.1, 0.15) is 6.33 Å². The maximum absolute atomic E-state index is 12.2. The highest BCUT2D eigenvalue weighted by molar-refractivity contribution is 5.80. The minimum Gasteiger partial charge on any atom is -0.339 e. The molecule has 3 heterocycles. The molecule has 2 aromatic rings. The van der Waals surface area contributed by atoms with E-state index in [1.54, 1.807) is 12.4 Å². The molecule has 4 rings (SSSR count). The lowest BCUT2D eigenvalue weighted by Crippen LogP contribution is -2.34. The highest BCUT2D eigenvalue weighted by Gasteiger charge is 2.38. The first kappa shape index (κ1) is 13.4. The lowest BCUT2D eigenvalue weighted by molar-refractivity contribution is -0.129. The molecule has 2 aromatic heterocycles. The van der Waals surface area contributed by atoms with Crippen molar-refractivity contribution in [3.8, 4) is 11.4 Å². The number of hydrogen-bond acceptors (Lipinski definition) is 6. The Bertz CT molecular complexity index is 666. The zero-order valence-corrected chi connectivity index (χ0v) is 12.2. The van der Waals surface area contributed by atoms with Gasteiger partial charge in [0.2, 0.25) is 17.6 Å². The number of aromatic nitrogens is 4. The normalized spacial score (nSPS) is 22.6. The minimum absolute atomic E-state index is 0.000944. The number of amides is 1. The molecule has 0 bridgehead atoms. The average molecular weight is 299 g/mol. The van der Waals surface area contributed by atoms with E-state index < -0.39 is 0 Å². The molecule has 1 saturated carbocycles. The van der Waals surface area contributed by atoms with Crippen molar-refractivity contribution in [1.29, 1.82) is 0 Å². The molecule has 7 heteroatoms. The Balaban J connectivity index is 1.51. The largest absolute Gasteiger partial charge is 0.339 e. The molecule has 1 unspecified atom stereocenters. The maximum atomic E-state index is 12.2. The van der Waals surface area contributed by atoms with Gasteiger partial charge in [0.05, 0.1) is 11.5 Å². The van der Waals surface area contributed by atoms with Gasteiger partial charge in [0, 0.05) is 31.4 Å². The summed E-state index contributed by atoms with van der Waals surface area (Å²) < 4.78 is 5.37. The third kappa shape index (κ3) is 2.36. The zero-order chi connectivity index (χ0) is 14.9. The summed E-state index contributed by atoms with van der Waals surface area (Å²) in [6.07, 6.45) is 9.89. The number of rotatable bonds is 3. The van der Waals surface area contributed by atoms with Crippen molar-refractivity contribution in [3.63, 3.8) is 0 Å². The zero-order valence-electron chi connectivity index (χ0n) is 12.2. The van der Waals surface area contributed by atoms with E-state index in [0.29, 0.717) is 30.7 Å². The van der Waals surface area contributed by atoms with Crippen LogP contribution < -0.4 is 0 Å². The third-order valence-electron chi connectivity index (χ3n) is 4.53. The van der Waals surface area contributed by atoms with Gasteiger partial charge in [-0.1, -0.05) is 18.0 Å². The number of hydrogen-bond donors (Lipinski definition) is 0. The highest BCUT2D eigenvalue weighted by Crippen LogP contribution is 2.33. The van der Waals surface area contributed by atoms with Crippen molar-refractivity contribution in [3.05, 3.63) is 24.6 Å². The number of carbonyl (C=O) groups excluding carboxylic acids is 1. The lowest BCUT2D eigenvalue weighted by Gasteiger charge is -2.23. The molecule has 22 heavy (non-hydrogen) atoms. The van der Waals surface area contributed by atoms with Crippen LogP contribution in [0.1, 0.15) is 43.9 Å². The number of likely N-dealkylation sites (tertiary alicyclic amines) is 1. The van der Waals surface area contributed by atoms with Crippen LogP contribution in [0.25, 0.3) is 11.4 Å². The number of carbonyl (C=O) groups is 1. The third-order valence-corrected chi connectivity index (χ3v) is 4.53. The van der Waals surface area contributed by atoms with E-state index >= 15 is 0 Å². The van der Waals surface area contributed by atoms with Crippen LogP contribution >= 0.6 is 0 Å². The van der Waals surface area contributed by atoms with Crippen molar-refractivity contribution < 1.29 is 9.32 Å². The van der Waals surface area contributed by atoms with E-state index in [4.69, 9.17) is 4.52 Å². The molecular weight excluding hydrogens is 282 g/mol. The molecule has 114 valence electrons. The van der Waals surface area contributed by atoms with Crippen molar-refractivity contribution >= 4 is 5.91 Å². The van der Waals surface area contributed by atoms with Crippen LogP contribution in [0.2, 0.25) is 0 Å². The van der Waals surface area contributed by atoms with Gasteiger partial charge in [0.15, 0.2) is 0 Å². The van der Waals surface area contributed by atoms with Gasteiger partial charge in [-0.05, 0) is 12.8 Å².